The van der Waals surface area contributed by atoms with Gasteiger partial charge in [0.25, 0.3) is 0 Å². The Balaban J connectivity index is 2.00. The van der Waals surface area contributed by atoms with Crippen molar-refractivity contribution in [3.63, 3.8) is 0 Å². The van der Waals surface area contributed by atoms with E-state index in [9.17, 15) is 4.79 Å². The van der Waals surface area contributed by atoms with Gasteiger partial charge >= 0.3 is 0 Å². The molecule has 1 unspecified atom stereocenters. The standard InChI is InChI=1S/C16H23NO/c1-13(12-17-11-7-10-16(17,2)3)15(18)14-8-5-4-6-9-14/h4-6,8-9,13H,7,10-12H2,1-3H3. The predicted molar refractivity (Wildman–Crippen MR) is 74.8 cm³/mol. The third-order valence-corrected chi connectivity index (χ3v) is 4.07. The fourth-order valence-corrected chi connectivity index (χ4v) is 2.80. The number of hydrogen-bond donors (Lipinski definition) is 0. The van der Waals surface area contributed by atoms with Gasteiger partial charge in [0.05, 0.1) is 0 Å². The van der Waals surface area contributed by atoms with E-state index in [1.807, 2.05) is 37.3 Å². The molecular weight excluding hydrogens is 222 g/mol. The number of hydrogen-bond acceptors (Lipinski definition) is 2. The second-order valence-electron chi connectivity index (χ2n) is 5.99. The maximum Gasteiger partial charge on any atom is 0.166 e. The topological polar surface area (TPSA) is 20.3 Å². The molecule has 18 heavy (non-hydrogen) atoms. The summed E-state index contributed by atoms with van der Waals surface area (Å²) in [6, 6.07) is 9.63. The van der Waals surface area contributed by atoms with Gasteiger partial charge in [-0.15, -0.1) is 0 Å². The van der Waals surface area contributed by atoms with Crippen LogP contribution < -0.4 is 0 Å². The van der Waals surface area contributed by atoms with Crippen molar-refractivity contribution in [2.75, 3.05) is 13.1 Å². The van der Waals surface area contributed by atoms with Gasteiger partial charge in [-0.1, -0.05) is 37.3 Å². The smallest absolute Gasteiger partial charge is 0.166 e. The summed E-state index contributed by atoms with van der Waals surface area (Å²) in [4.78, 5) is 14.8. The number of carbonyl (C=O) groups excluding carboxylic acids is 1. The second-order valence-corrected chi connectivity index (χ2v) is 5.99. The molecule has 0 amide bonds. The largest absolute Gasteiger partial charge is 0.297 e. The molecule has 1 saturated heterocycles. The molecule has 0 aliphatic carbocycles. The van der Waals surface area contributed by atoms with E-state index in [-0.39, 0.29) is 17.2 Å². The Morgan fingerprint density at radius 3 is 2.56 bits per heavy atom. The zero-order valence-electron chi connectivity index (χ0n) is 11.6. The molecule has 2 rings (SSSR count). The summed E-state index contributed by atoms with van der Waals surface area (Å²) < 4.78 is 0. The minimum absolute atomic E-state index is 0.0739. The fourth-order valence-electron chi connectivity index (χ4n) is 2.80. The molecule has 2 heteroatoms. The van der Waals surface area contributed by atoms with Crippen molar-refractivity contribution in [3.8, 4) is 0 Å². The molecule has 0 saturated carbocycles. The first kappa shape index (κ1) is 13.3. The maximum atomic E-state index is 12.3. The van der Waals surface area contributed by atoms with Crippen LogP contribution in [0.3, 0.4) is 0 Å². The number of ketones is 1. The van der Waals surface area contributed by atoms with Crippen LogP contribution in [0.4, 0.5) is 0 Å². The van der Waals surface area contributed by atoms with Gasteiger partial charge in [-0.3, -0.25) is 9.69 Å². The first-order valence-corrected chi connectivity index (χ1v) is 6.85. The Morgan fingerprint density at radius 2 is 2.00 bits per heavy atom. The third kappa shape index (κ3) is 2.81. The van der Waals surface area contributed by atoms with Crippen LogP contribution in [0.1, 0.15) is 44.0 Å². The highest BCUT2D eigenvalue weighted by Gasteiger charge is 2.33. The summed E-state index contributed by atoms with van der Waals surface area (Å²) in [7, 11) is 0. The molecule has 0 spiro atoms. The van der Waals surface area contributed by atoms with Crippen molar-refractivity contribution in [1.29, 1.82) is 0 Å². The first-order valence-electron chi connectivity index (χ1n) is 6.85. The van der Waals surface area contributed by atoms with E-state index < -0.39 is 0 Å². The SMILES string of the molecule is CC(CN1CCCC1(C)C)C(=O)c1ccccc1. The van der Waals surface area contributed by atoms with E-state index in [1.54, 1.807) is 0 Å². The van der Waals surface area contributed by atoms with Crippen LogP contribution in [-0.4, -0.2) is 29.3 Å². The van der Waals surface area contributed by atoms with Crippen molar-refractivity contribution in [1.82, 2.24) is 4.90 Å². The Bertz CT molecular complexity index is 410. The number of benzene rings is 1. The van der Waals surface area contributed by atoms with Crippen LogP contribution in [0.2, 0.25) is 0 Å². The number of nitrogens with zero attached hydrogens (tertiary/aromatic N) is 1. The van der Waals surface area contributed by atoms with Crippen LogP contribution in [0, 0.1) is 5.92 Å². The minimum atomic E-state index is 0.0739. The van der Waals surface area contributed by atoms with Gasteiger partial charge in [0, 0.05) is 23.6 Å². The summed E-state index contributed by atoms with van der Waals surface area (Å²) >= 11 is 0. The molecule has 1 fully saturated rings. The number of carbonyl (C=O) groups is 1. The van der Waals surface area contributed by atoms with Gasteiger partial charge in [0.15, 0.2) is 5.78 Å². The molecule has 1 heterocycles. The summed E-state index contributed by atoms with van der Waals surface area (Å²) in [6.45, 7) is 8.60. The van der Waals surface area contributed by atoms with Crippen LogP contribution in [0.5, 0.6) is 0 Å². The summed E-state index contributed by atoms with van der Waals surface area (Å²) in [5, 5.41) is 0. The molecular formula is C16H23NO. The van der Waals surface area contributed by atoms with Crippen molar-refractivity contribution >= 4 is 5.78 Å². The van der Waals surface area contributed by atoms with E-state index in [0.29, 0.717) is 0 Å². The minimum Gasteiger partial charge on any atom is -0.297 e. The lowest BCUT2D eigenvalue weighted by Crippen LogP contribution is -2.42. The highest BCUT2D eigenvalue weighted by Crippen LogP contribution is 2.29. The number of Topliss-reactive ketones (excluding diaryl/α,β-unsaturated/α-hetero) is 1. The zero-order chi connectivity index (χ0) is 13.2. The highest BCUT2D eigenvalue weighted by molar-refractivity contribution is 5.97. The summed E-state index contributed by atoms with van der Waals surface area (Å²) in [5.41, 5.74) is 1.09. The number of rotatable bonds is 4. The van der Waals surface area contributed by atoms with Gasteiger partial charge < -0.3 is 0 Å². The average molecular weight is 245 g/mol. The van der Waals surface area contributed by atoms with Crippen LogP contribution in [0.15, 0.2) is 30.3 Å². The molecule has 0 N–H and O–H groups in total. The highest BCUT2D eigenvalue weighted by atomic mass is 16.1. The average Bonchev–Trinajstić information content (AvgIpc) is 2.69. The molecule has 98 valence electrons. The van der Waals surface area contributed by atoms with E-state index in [2.05, 4.69) is 18.7 Å². The molecule has 2 nitrogen and oxygen atoms in total. The predicted octanol–water partition coefficient (Wildman–Crippen LogP) is 3.38. The fraction of sp³-hybridized carbons (Fsp3) is 0.562. The van der Waals surface area contributed by atoms with E-state index in [0.717, 1.165) is 18.7 Å². The Kier molecular flexibility index (Phi) is 3.86. The zero-order valence-corrected chi connectivity index (χ0v) is 11.6. The van der Waals surface area contributed by atoms with E-state index in [1.165, 1.54) is 12.8 Å². The van der Waals surface area contributed by atoms with Crippen molar-refractivity contribution in [2.45, 2.75) is 39.2 Å². The molecule has 1 aromatic carbocycles. The lowest BCUT2D eigenvalue weighted by Gasteiger charge is -2.33. The summed E-state index contributed by atoms with van der Waals surface area (Å²) in [5.74, 6) is 0.336. The first-order chi connectivity index (χ1) is 8.50. The third-order valence-electron chi connectivity index (χ3n) is 4.07. The molecule has 1 aliphatic rings. The molecule has 1 atom stereocenters. The molecule has 0 bridgehead atoms. The van der Waals surface area contributed by atoms with Crippen LogP contribution in [-0.2, 0) is 0 Å². The van der Waals surface area contributed by atoms with Gasteiger partial charge in [-0.05, 0) is 33.2 Å². The van der Waals surface area contributed by atoms with Gasteiger partial charge in [-0.2, -0.15) is 0 Å². The Labute approximate surface area is 110 Å². The van der Waals surface area contributed by atoms with Gasteiger partial charge in [0.2, 0.25) is 0 Å². The van der Waals surface area contributed by atoms with E-state index >= 15 is 0 Å². The number of likely N-dealkylation sites (tertiary alicyclic amines) is 1. The lowest BCUT2D eigenvalue weighted by molar-refractivity contribution is 0.0852. The summed E-state index contributed by atoms with van der Waals surface area (Å²) in [6.07, 6.45) is 2.48. The van der Waals surface area contributed by atoms with E-state index in [4.69, 9.17) is 0 Å². The van der Waals surface area contributed by atoms with Crippen molar-refractivity contribution in [2.24, 2.45) is 5.92 Å². The normalized spacial score (nSPS) is 20.8. The van der Waals surface area contributed by atoms with Gasteiger partial charge in [0.1, 0.15) is 0 Å². The molecule has 0 aromatic heterocycles. The van der Waals surface area contributed by atoms with Crippen molar-refractivity contribution < 1.29 is 4.79 Å². The second kappa shape index (κ2) is 5.23. The Morgan fingerprint density at radius 1 is 1.33 bits per heavy atom. The quantitative estimate of drug-likeness (QED) is 0.758. The monoisotopic (exact) mass is 245 g/mol. The maximum absolute atomic E-state index is 12.3. The Hall–Kier alpha value is -1.15. The van der Waals surface area contributed by atoms with Crippen molar-refractivity contribution in [3.05, 3.63) is 35.9 Å². The molecule has 1 aliphatic heterocycles. The van der Waals surface area contributed by atoms with Crippen LogP contribution >= 0.6 is 0 Å². The van der Waals surface area contributed by atoms with Crippen LogP contribution in [0.25, 0.3) is 0 Å². The molecule has 0 radical (unpaired) electrons. The van der Waals surface area contributed by atoms with Gasteiger partial charge in [-0.25, -0.2) is 0 Å². The molecule has 1 aromatic rings. The lowest BCUT2D eigenvalue weighted by atomic mass is 9.96.